The normalized spacial score (nSPS) is 15.7. The number of guanidine groups is 1. The standard InChI is InChI=1S/C17H32N6O.HI/c1-3-18-17(20-13-16-22-21-14-23(16)4-2)19-11-8-12-24-15-9-6-5-7-10-15;/h14-15H,3-13H2,1-2H3,(H2,18,19,20);1H. The minimum absolute atomic E-state index is 0. The molecule has 0 bridgehead atoms. The molecule has 1 aromatic heterocycles. The van der Waals surface area contributed by atoms with Crippen LogP contribution in [0.5, 0.6) is 0 Å². The molecule has 1 aromatic rings. The van der Waals surface area contributed by atoms with Crippen LogP contribution in [0, 0.1) is 0 Å². The average molecular weight is 464 g/mol. The monoisotopic (exact) mass is 464 g/mol. The fraction of sp³-hybridized carbons (Fsp3) is 0.824. The van der Waals surface area contributed by atoms with Crippen molar-refractivity contribution in [3.05, 3.63) is 12.2 Å². The molecule has 0 saturated heterocycles. The van der Waals surface area contributed by atoms with Crippen molar-refractivity contribution in [1.29, 1.82) is 0 Å². The highest BCUT2D eigenvalue weighted by Gasteiger charge is 2.13. The summed E-state index contributed by atoms with van der Waals surface area (Å²) in [5.74, 6) is 1.70. The van der Waals surface area contributed by atoms with E-state index in [1.165, 1.54) is 32.1 Å². The van der Waals surface area contributed by atoms with Crippen molar-refractivity contribution in [2.75, 3.05) is 19.7 Å². The Morgan fingerprint density at radius 2 is 2.08 bits per heavy atom. The van der Waals surface area contributed by atoms with Crippen molar-refractivity contribution in [2.45, 2.75) is 71.6 Å². The number of aryl methyl sites for hydroxylation is 1. The van der Waals surface area contributed by atoms with E-state index in [9.17, 15) is 0 Å². The number of aliphatic imine (C=N–C) groups is 1. The van der Waals surface area contributed by atoms with Gasteiger partial charge in [0, 0.05) is 26.2 Å². The molecule has 2 rings (SSSR count). The summed E-state index contributed by atoms with van der Waals surface area (Å²) in [6.45, 7) is 8.05. The number of nitrogens with zero attached hydrogens (tertiary/aromatic N) is 4. The number of ether oxygens (including phenoxy) is 1. The molecule has 0 spiro atoms. The van der Waals surface area contributed by atoms with Crippen LogP contribution < -0.4 is 10.6 Å². The molecule has 2 N–H and O–H groups in total. The second-order valence-corrected chi connectivity index (χ2v) is 6.14. The van der Waals surface area contributed by atoms with Gasteiger partial charge in [-0.1, -0.05) is 19.3 Å². The van der Waals surface area contributed by atoms with Crippen molar-refractivity contribution < 1.29 is 4.74 Å². The van der Waals surface area contributed by atoms with Crippen LogP contribution in [-0.2, 0) is 17.8 Å². The Morgan fingerprint density at radius 1 is 1.28 bits per heavy atom. The lowest BCUT2D eigenvalue weighted by molar-refractivity contribution is 0.0277. The predicted molar refractivity (Wildman–Crippen MR) is 111 cm³/mol. The van der Waals surface area contributed by atoms with Gasteiger partial charge in [-0.25, -0.2) is 4.99 Å². The zero-order valence-electron chi connectivity index (χ0n) is 15.5. The van der Waals surface area contributed by atoms with Crippen molar-refractivity contribution in [3.63, 3.8) is 0 Å². The molecular formula is C17H33IN6O. The molecule has 8 heteroatoms. The summed E-state index contributed by atoms with van der Waals surface area (Å²) >= 11 is 0. The van der Waals surface area contributed by atoms with Crippen LogP contribution in [0.4, 0.5) is 0 Å². The number of aromatic nitrogens is 3. The van der Waals surface area contributed by atoms with Crippen molar-refractivity contribution >= 4 is 29.9 Å². The van der Waals surface area contributed by atoms with Gasteiger partial charge in [-0.15, -0.1) is 34.2 Å². The van der Waals surface area contributed by atoms with E-state index in [1.807, 2.05) is 4.57 Å². The van der Waals surface area contributed by atoms with Crippen LogP contribution in [0.1, 0.15) is 58.2 Å². The van der Waals surface area contributed by atoms with Gasteiger partial charge < -0.3 is 19.9 Å². The molecule has 1 aliphatic rings. The molecule has 7 nitrogen and oxygen atoms in total. The fourth-order valence-corrected chi connectivity index (χ4v) is 2.92. The number of rotatable bonds is 9. The molecule has 0 unspecified atom stereocenters. The summed E-state index contributed by atoms with van der Waals surface area (Å²) in [5.41, 5.74) is 0. The van der Waals surface area contributed by atoms with Gasteiger partial charge in [0.1, 0.15) is 12.9 Å². The maximum absolute atomic E-state index is 5.95. The lowest BCUT2D eigenvalue weighted by Gasteiger charge is -2.22. The molecule has 1 aliphatic carbocycles. The number of hydrogen-bond donors (Lipinski definition) is 2. The average Bonchev–Trinajstić information content (AvgIpc) is 3.07. The zero-order valence-corrected chi connectivity index (χ0v) is 17.9. The first-order valence-electron chi connectivity index (χ1n) is 9.34. The van der Waals surface area contributed by atoms with Crippen molar-refractivity contribution in [3.8, 4) is 0 Å². The van der Waals surface area contributed by atoms with Crippen LogP contribution >= 0.6 is 24.0 Å². The molecule has 25 heavy (non-hydrogen) atoms. The van der Waals surface area contributed by atoms with Gasteiger partial charge in [-0.2, -0.15) is 0 Å². The first kappa shape index (κ1) is 22.1. The largest absolute Gasteiger partial charge is 0.378 e. The molecular weight excluding hydrogens is 431 g/mol. The highest BCUT2D eigenvalue weighted by molar-refractivity contribution is 14.0. The van der Waals surface area contributed by atoms with Gasteiger partial charge in [0.05, 0.1) is 6.10 Å². The fourth-order valence-electron chi connectivity index (χ4n) is 2.92. The molecule has 1 saturated carbocycles. The number of halogens is 1. The summed E-state index contributed by atoms with van der Waals surface area (Å²) in [4.78, 5) is 4.58. The van der Waals surface area contributed by atoms with Crippen LogP contribution in [0.3, 0.4) is 0 Å². The predicted octanol–water partition coefficient (Wildman–Crippen LogP) is 2.71. The quantitative estimate of drug-likeness (QED) is 0.255. The highest BCUT2D eigenvalue weighted by Crippen LogP contribution is 2.20. The Balaban J connectivity index is 0.00000312. The summed E-state index contributed by atoms with van der Waals surface area (Å²) in [6.07, 6.45) is 9.70. The highest BCUT2D eigenvalue weighted by atomic mass is 127. The van der Waals surface area contributed by atoms with E-state index in [2.05, 4.69) is 39.7 Å². The topological polar surface area (TPSA) is 76.4 Å². The summed E-state index contributed by atoms with van der Waals surface area (Å²) in [5, 5.41) is 14.7. The van der Waals surface area contributed by atoms with Gasteiger partial charge in [0.2, 0.25) is 0 Å². The van der Waals surface area contributed by atoms with Gasteiger partial charge in [0.15, 0.2) is 11.8 Å². The number of nitrogens with one attached hydrogen (secondary N) is 2. The SMILES string of the molecule is CCNC(=NCc1nncn1CC)NCCCOC1CCCCC1.I. The van der Waals surface area contributed by atoms with E-state index in [0.717, 1.165) is 44.4 Å². The summed E-state index contributed by atoms with van der Waals surface area (Å²) in [7, 11) is 0. The van der Waals surface area contributed by atoms with E-state index in [-0.39, 0.29) is 24.0 Å². The van der Waals surface area contributed by atoms with Gasteiger partial charge in [-0.3, -0.25) is 0 Å². The first-order valence-corrected chi connectivity index (χ1v) is 9.34. The lowest BCUT2D eigenvalue weighted by Crippen LogP contribution is -2.38. The van der Waals surface area contributed by atoms with Crippen molar-refractivity contribution in [2.24, 2.45) is 4.99 Å². The first-order chi connectivity index (χ1) is 11.8. The van der Waals surface area contributed by atoms with E-state index in [4.69, 9.17) is 4.74 Å². The molecule has 1 fully saturated rings. The molecule has 0 radical (unpaired) electrons. The second-order valence-electron chi connectivity index (χ2n) is 6.14. The van der Waals surface area contributed by atoms with Crippen LogP contribution in [0.25, 0.3) is 0 Å². The Bertz CT molecular complexity index is 487. The van der Waals surface area contributed by atoms with Crippen molar-refractivity contribution in [1.82, 2.24) is 25.4 Å². The van der Waals surface area contributed by atoms with Crippen LogP contribution in [-0.4, -0.2) is 46.5 Å². The molecule has 144 valence electrons. The minimum atomic E-state index is 0. The number of hydrogen-bond acceptors (Lipinski definition) is 4. The molecule has 1 heterocycles. The van der Waals surface area contributed by atoms with E-state index >= 15 is 0 Å². The van der Waals surface area contributed by atoms with Crippen LogP contribution in [0.2, 0.25) is 0 Å². The molecule has 0 aliphatic heterocycles. The Kier molecular flexibility index (Phi) is 11.8. The van der Waals surface area contributed by atoms with E-state index in [0.29, 0.717) is 12.6 Å². The Morgan fingerprint density at radius 3 is 2.80 bits per heavy atom. The minimum Gasteiger partial charge on any atom is -0.378 e. The Labute approximate surface area is 168 Å². The maximum atomic E-state index is 5.95. The molecule has 0 aromatic carbocycles. The third-order valence-corrected chi connectivity index (χ3v) is 4.28. The van der Waals surface area contributed by atoms with Gasteiger partial charge >= 0.3 is 0 Å². The van der Waals surface area contributed by atoms with E-state index < -0.39 is 0 Å². The third-order valence-electron chi connectivity index (χ3n) is 4.28. The second kappa shape index (κ2) is 13.3. The summed E-state index contributed by atoms with van der Waals surface area (Å²) < 4.78 is 7.96. The molecule has 0 atom stereocenters. The zero-order chi connectivity index (χ0) is 17.0. The van der Waals surface area contributed by atoms with E-state index in [1.54, 1.807) is 6.33 Å². The molecule has 0 amide bonds. The third kappa shape index (κ3) is 8.35. The smallest absolute Gasteiger partial charge is 0.191 e. The summed E-state index contributed by atoms with van der Waals surface area (Å²) in [6, 6.07) is 0. The lowest BCUT2D eigenvalue weighted by atomic mass is 9.98. The van der Waals surface area contributed by atoms with Gasteiger partial charge in [-0.05, 0) is 33.1 Å². The van der Waals surface area contributed by atoms with Crippen LogP contribution in [0.15, 0.2) is 11.3 Å². The van der Waals surface area contributed by atoms with Gasteiger partial charge in [0.25, 0.3) is 0 Å². The maximum Gasteiger partial charge on any atom is 0.191 e. The Hall–Kier alpha value is -0.900.